The lowest BCUT2D eigenvalue weighted by molar-refractivity contribution is 0.0931. The molecule has 0 bridgehead atoms. The van der Waals surface area contributed by atoms with Crippen molar-refractivity contribution in [2.24, 2.45) is 0 Å². The van der Waals surface area contributed by atoms with Gasteiger partial charge >= 0.3 is 0 Å². The number of hydrogen-bond donors (Lipinski definition) is 1. The Hall–Kier alpha value is -2.61. The number of nitrogens with one attached hydrogen (secondary N) is 1. The summed E-state index contributed by atoms with van der Waals surface area (Å²) in [6.07, 6.45) is 3.37. The standard InChI is InChI=1S/C21H24FN3O3S/c1-29(27,28)25-12-7-15-13-16(5-6-20(15)25)21(26)23-18-8-10-24(11-9-18)19-4-2-3-17(22)14-19/h2-6,13-14,18H,7-12H2,1H3,(H,23,26). The molecule has 0 radical (unpaired) electrons. The van der Waals surface area contributed by atoms with E-state index in [0.717, 1.165) is 37.2 Å². The summed E-state index contributed by atoms with van der Waals surface area (Å²) < 4.78 is 38.5. The monoisotopic (exact) mass is 417 g/mol. The summed E-state index contributed by atoms with van der Waals surface area (Å²) in [5, 5.41) is 3.08. The first kappa shape index (κ1) is 19.7. The van der Waals surface area contributed by atoms with Crippen LogP contribution in [0.1, 0.15) is 28.8 Å². The van der Waals surface area contributed by atoms with Gasteiger partial charge in [-0.25, -0.2) is 12.8 Å². The number of benzene rings is 2. The number of fused-ring (bicyclic) bond motifs is 1. The van der Waals surface area contributed by atoms with Crippen LogP contribution in [0.3, 0.4) is 0 Å². The predicted molar refractivity (Wildman–Crippen MR) is 111 cm³/mol. The second kappa shape index (κ2) is 7.67. The zero-order chi connectivity index (χ0) is 20.6. The van der Waals surface area contributed by atoms with Gasteiger partial charge in [0.15, 0.2) is 0 Å². The van der Waals surface area contributed by atoms with Gasteiger partial charge in [-0.05, 0) is 61.2 Å². The molecule has 0 atom stereocenters. The third kappa shape index (κ3) is 4.22. The largest absolute Gasteiger partial charge is 0.371 e. The Morgan fingerprint density at radius 1 is 1.10 bits per heavy atom. The fraction of sp³-hybridized carbons (Fsp3) is 0.381. The molecule has 1 saturated heterocycles. The summed E-state index contributed by atoms with van der Waals surface area (Å²) in [4.78, 5) is 14.8. The molecule has 2 heterocycles. The van der Waals surface area contributed by atoms with E-state index in [1.165, 1.54) is 22.7 Å². The van der Waals surface area contributed by atoms with Crippen LogP contribution in [0.2, 0.25) is 0 Å². The number of anilines is 2. The molecule has 2 aliphatic rings. The zero-order valence-electron chi connectivity index (χ0n) is 16.3. The van der Waals surface area contributed by atoms with Crippen LogP contribution in [-0.2, 0) is 16.4 Å². The Morgan fingerprint density at radius 3 is 2.55 bits per heavy atom. The van der Waals surface area contributed by atoms with E-state index in [-0.39, 0.29) is 17.8 Å². The average molecular weight is 418 g/mol. The van der Waals surface area contributed by atoms with Gasteiger partial charge in [0.05, 0.1) is 11.9 Å². The van der Waals surface area contributed by atoms with Crippen molar-refractivity contribution in [1.29, 1.82) is 0 Å². The van der Waals surface area contributed by atoms with Crippen molar-refractivity contribution >= 4 is 27.3 Å². The number of hydrogen-bond acceptors (Lipinski definition) is 4. The molecule has 0 spiro atoms. The summed E-state index contributed by atoms with van der Waals surface area (Å²) >= 11 is 0. The number of piperidine rings is 1. The van der Waals surface area contributed by atoms with Crippen molar-refractivity contribution in [3.8, 4) is 0 Å². The van der Waals surface area contributed by atoms with Crippen LogP contribution in [-0.4, -0.2) is 46.3 Å². The van der Waals surface area contributed by atoms with E-state index in [2.05, 4.69) is 10.2 Å². The van der Waals surface area contributed by atoms with Crippen molar-refractivity contribution in [2.75, 3.05) is 35.1 Å². The van der Waals surface area contributed by atoms with Crippen molar-refractivity contribution in [3.63, 3.8) is 0 Å². The maximum Gasteiger partial charge on any atom is 0.251 e. The van der Waals surface area contributed by atoms with Gasteiger partial charge in [-0.2, -0.15) is 0 Å². The van der Waals surface area contributed by atoms with Gasteiger partial charge in [0.25, 0.3) is 5.91 Å². The van der Waals surface area contributed by atoms with Gasteiger partial charge in [0, 0.05) is 36.9 Å². The van der Waals surface area contributed by atoms with Gasteiger partial charge in [0.1, 0.15) is 5.82 Å². The average Bonchev–Trinajstić information content (AvgIpc) is 3.12. The molecule has 1 amide bonds. The van der Waals surface area contributed by atoms with Crippen molar-refractivity contribution < 1.29 is 17.6 Å². The smallest absolute Gasteiger partial charge is 0.251 e. The van der Waals surface area contributed by atoms with Crippen LogP contribution in [0.5, 0.6) is 0 Å². The van der Waals surface area contributed by atoms with Crippen LogP contribution >= 0.6 is 0 Å². The molecule has 6 nitrogen and oxygen atoms in total. The molecule has 0 unspecified atom stereocenters. The van der Waals surface area contributed by atoms with Crippen LogP contribution in [0.4, 0.5) is 15.8 Å². The first-order chi connectivity index (χ1) is 13.8. The molecule has 154 valence electrons. The number of halogens is 1. The van der Waals surface area contributed by atoms with E-state index < -0.39 is 10.0 Å². The molecular formula is C21H24FN3O3S. The number of sulfonamides is 1. The fourth-order valence-corrected chi connectivity index (χ4v) is 5.04. The topological polar surface area (TPSA) is 69.7 Å². The lowest BCUT2D eigenvalue weighted by Gasteiger charge is -2.34. The van der Waals surface area contributed by atoms with E-state index >= 15 is 0 Å². The SMILES string of the molecule is CS(=O)(=O)N1CCc2cc(C(=O)NC3CCN(c4cccc(F)c4)CC3)ccc21. The summed E-state index contributed by atoms with van der Waals surface area (Å²) in [5.74, 6) is -0.390. The molecule has 29 heavy (non-hydrogen) atoms. The number of amides is 1. The highest BCUT2D eigenvalue weighted by Gasteiger charge is 2.27. The van der Waals surface area contributed by atoms with Gasteiger partial charge in [-0.15, -0.1) is 0 Å². The molecule has 8 heteroatoms. The Bertz CT molecular complexity index is 1030. The molecule has 2 aliphatic heterocycles. The van der Waals surface area contributed by atoms with Crippen molar-refractivity contribution in [2.45, 2.75) is 25.3 Å². The minimum atomic E-state index is -3.30. The molecule has 2 aromatic carbocycles. The first-order valence-corrected chi connectivity index (χ1v) is 11.6. The Morgan fingerprint density at radius 2 is 1.86 bits per heavy atom. The number of carbonyl (C=O) groups is 1. The molecule has 1 fully saturated rings. The molecule has 1 N–H and O–H groups in total. The lowest BCUT2D eigenvalue weighted by atomic mass is 10.0. The Labute approximate surface area is 170 Å². The van der Waals surface area contributed by atoms with E-state index in [0.29, 0.717) is 24.2 Å². The summed E-state index contributed by atoms with van der Waals surface area (Å²) in [6, 6.07) is 11.8. The van der Waals surface area contributed by atoms with E-state index in [1.54, 1.807) is 24.3 Å². The highest BCUT2D eigenvalue weighted by Crippen LogP contribution is 2.31. The quantitative estimate of drug-likeness (QED) is 0.830. The van der Waals surface area contributed by atoms with Crippen molar-refractivity contribution in [3.05, 3.63) is 59.4 Å². The number of carbonyl (C=O) groups excluding carboxylic acids is 1. The molecule has 0 saturated carbocycles. The summed E-state index contributed by atoms with van der Waals surface area (Å²) in [6.45, 7) is 1.92. The fourth-order valence-electron chi connectivity index (χ4n) is 4.08. The van der Waals surface area contributed by atoms with Crippen molar-refractivity contribution in [1.82, 2.24) is 5.32 Å². The Kier molecular flexibility index (Phi) is 5.21. The van der Waals surface area contributed by atoms with Gasteiger partial charge in [0.2, 0.25) is 10.0 Å². The first-order valence-electron chi connectivity index (χ1n) is 9.73. The highest BCUT2D eigenvalue weighted by atomic mass is 32.2. The number of nitrogens with zero attached hydrogens (tertiary/aromatic N) is 2. The summed E-state index contributed by atoms with van der Waals surface area (Å²) in [5.41, 5.74) is 2.95. The van der Waals surface area contributed by atoms with Crippen LogP contribution < -0.4 is 14.5 Å². The normalized spacial score (nSPS) is 17.3. The second-order valence-corrected chi connectivity index (χ2v) is 9.55. The van der Waals surface area contributed by atoms with Crippen LogP contribution in [0, 0.1) is 5.82 Å². The third-order valence-corrected chi connectivity index (χ3v) is 6.78. The van der Waals surface area contributed by atoms with Crippen LogP contribution in [0.15, 0.2) is 42.5 Å². The second-order valence-electron chi connectivity index (χ2n) is 7.64. The van der Waals surface area contributed by atoms with E-state index in [1.807, 2.05) is 6.07 Å². The zero-order valence-corrected chi connectivity index (χ0v) is 17.1. The van der Waals surface area contributed by atoms with Crippen LogP contribution in [0.25, 0.3) is 0 Å². The summed E-state index contributed by atoms with van der Waals surface area (Å²) in [7, 11) is -3.30. The van der Waals surface area contributed by atoms with E-state index in [4.69, 9.17) is 0 Å². The van der Waals surface area contributed by atoms with Gasteiger partial charge in [-0.3, -0.25) is 9.10 Å². The molecule has 4 rings (SSSR count). The predicted octanol–water partition coefficient (Wildman–Crippen LogP) is 2.55. The maximum atomic E-state index is 13.4. The van der Waals surface area contributed by atoms with Gasteiger partial charge < -0.3 is 10.2 Å². The molecule has 2 aromatic rings. The minimum absolute atomic E-state index is 0.0630. The minimum Gasteiger partial charge on any atom is -0.371 e. The third-order valence-electron chi connectivity index (χ3n) is 5.60. The maximum absolute atomic E-state index is 13.4. The molecule has 0 aromatic heterocycles. The molecule has 0 aliphatic carbocycles. The number of rotatable bonds is 4. The lowest BCUT2D eigenvalue weighted by Crippen LogP contribution is -2.44. The Balaban J connectivity index is 1.37. The van der Waals surface area contributed by atoms with Gasteiger partial charge in [-0.1, -0.05) is 6.07 Å². The highest BCUT2D eigenvalue weighted by molar-refractivity contribution is 7.92. The molecular weight excluding hydrogens is 393 g/mol. The van der Waals surface area contributed by atoms with E-state index in [9.17, 15) is 17.6 Å².